The highest BCUT2D eigenvalue weighted by atomic mass is 32.1. The van der Waals surface area contributed by atoms with Crippen LogP contribution in [0.25, 0.3) is 10.1 Å². The average Bonchev–Trinajstić information content (AvgIpc) is 2.89. The van der Waals surface area contributed by atoms with Crippen LogP contribution in [0.15, 0.2) is 30.3 Å². The zero-order valence-corrected chi connectivity index (χ0v) is 13.9. The molecule has 0 aliphatic rings. The molecule has 1 aromatic heterocycles. The van der Waals surface area contributed by atoms with E-state index < -0.39 is 0 Å². The number of thiophene rings is 1. The van der Waals surface area contributed by atoms with Gasteiger partial charge >= 0.3 is 0 Å². The maximum Gasteiger partial charge on any atom is 0.263 e. The Morgan fingerprint density at radius 2 is 2.05 bits per heavy atom. The Morgan fingerprint density at radius 1 is 1.33 bits per heavy atom. The number of carbonyl (C=O) groups is 1. The van der Waals surface area contributed by atoms with E-state index in [9.17, 15) is 4.79 Å². The molecule has 0 fully saturated rings. The van der Waals surface area contributed by atoms with Crippen LogP contribution in [0.4, 0.5) is 0 Å². The van der Waals surface area contributed by atoms with E-state index in [1.54, 1.807) is 11.3 Å². The van der Waals surface area contributed by atoms with E-state index in [-0.39, 0.29) is 11.3 Å². The first-order valence-corrected chi connectivity index (χ1v) is 8.26. The second-order valence-corrected chi connectivity index (χ2v) is 7.33. The lowest BCUT2D eigenvalue weighted by Crippen LogP contribution is -2.42. The number of benzene rings is 1. The van der Waals surface area contributed by atoms with E-state index in [0.29, 0.717) is 13.1 Å². The standard InChI is InChI=1S/C17H24N2OS/c1-4-9-19(12-17(2,3)11-18)16(20)15-10-13-7-5-6-8-14(13)21-15/h5-8,10H,4,9,11-12,18H2,1-3H3. The first-order valence-electron chi connectivity index (χ1n) is 7.45. The monoisotopic (exact) mass is 304 g/mol. The van der Waals surface area contributed by atoms with E-state index in [2.05, 4.69) is 32.9 Å². The Balaban J connectivity index is 2.25. The van der Waals surface area contributed by atoms with Crippen LogP contribution >= 0.6 is 11.3 Å². The summed E-state index contributed by atoms with van der Waals surface area (Å²) in [6, 6.07) is 10.1. The summed E-state index contributed by atoms with van der Waals surface area (Å²) in [5.74, 6) is 0.125. The summed E-state index contributed by atoms with van der Waals surface area (Å²) in [4.78, 5) is 15.6. The van der Waals surface area contributed by atoms with E-state index >= 15 is 0 Å². The molecule has 0 saturated carbocycles. The summed E-state index contributed by atoms with van der Waals surface area (Å²) < 4.78 is 1.16. The second kappa shape index (κ2) is 6.58. The number of rotatable bonds is 6. The van der Waals surface area contributed by atoms with E-state index in [1.165, 1.54) is 0 Å². The van der Waals surface area contributed by atoms with E-state index in [0.717, 1.165) is 27.9 Å². The second-order valence-electron chi connectivity index (χ2n) is 6.24. The van der Waals surface area contributed by atoms with Crippen molar-refractivity contribution in [3.05, 3.63) is 35.2 Å². The summed E-state index contributed by atoms with van der Waals surface area (Å²) in [6.07, 6.45) is 0.956. The molecule has 2 N–H and O–H groups in total. The SMILES string of the molecule is CCCN(CC(C)(C)CN)C(=O)c1cc2ccccc2s1. The van der Waals surface area contributed by atoms with Gasteiger partial charge in [0, 0.05) is 17.8 Å². The molecule has 0 spiro atoms. The average molecular weight is 304 g/mol. The van der Waals surface area contributed by atoms with Gasteiger partial charge in [-0.1, -0.05) is 39.0 Å². The molecule has 1 heterocycles. The van der Waals surface area contributed by atoms with Crippen LogP contribution in [0.3, 0.4) is 0 Å². The molecule has 21 heavy (non-hydrogen) atoms. The summed E-state index contributed by atoms with van der Waals surface area (Å²) in [7, 11) is 0. The number of nitrogens with zero attached hydrogens (tertiary/aromatic N) is 1. The number of nitrogens with two attached hydrogens (primary N) is 1. The lowest BCUT2D eigenvalue weighted by Gasteiger charge is -2.31. The molecule has 3 nitrogen and oxygen atoms in total. The third-order valence-electron chi connectivity index (χ3n) is 3.59. The van der Waals surface area contributed by atoms with Gasteiger partial charge in [-0.3, -0.25) is 4.79 Å². The highest BCUT2D eigenvalue weighted by Crippen LogP contribution is 2.27. The van der Waals surface area contributed by atoms with E-state index in [1.807, 2.05) is 23.1 Å². The summed E-state index contributed by atoms with van der Waals surface area (Å²) in [6.45, 7) is 8.36. The van der Waals surface area contributed by atoms with Crippen molar-refractivity contribution in [1.29, 1.82) is 0 Å². The molecule has 1 amide bonds. The molecule has 0 saturated heterocycles. The van der Waals surface area contributed by atoms with Gasteiger partial charge in [0.25, 0.3) is 5.91 Å². The van der Waals surface area contributed by atoms with Gasteiger partial charge in [-0.05, 0) is 35.9 Å². The van der Waals surface area contributed by atoms with Gasteiger partial charge in [0.2, 0.25) is 0 Å². The van der Waals surface area contributed by atoms with Gasteiger partial charge in [-0.2, -0.15) is 0 Å². The van der Waals surface area contributed by atoms with E-state index in [4.69, 9.17) is 5.73 Å². The minimum absolute atomic E-state index is 0.0541. The van der Waals surface area contributed by atoms with Gasteiger partial charge in [0.15, 0.2) is 0 Å². The molecule has 2 rings (SSSR count). The van der Waals surface area contributed by atoms with Gasteiger partial charge in [0.05, 0.1) is 4.88 Å². The fourth-order valence-electron chi connectivity index (χ4n) is 2.35. The van der Waals surface area contributed by atoms with Gasteiger partial charge < -0.3 is 10.6 Å². The van der Waals surface area contributed by atoms with Crippen molar-refractivity contribution < 1.29 is 4.79 Å². The number of hydrogen-bond acceptors (Lipinski definition) is 3. The molecule has 4 heteroatoms. The number of carbonyl (C=O) groups excluding carboxylic acids is 1. The van der Waals surface area contributed by atoms with Crippen molar-refractivity contribution in [2.75, 3.05) is 19.6 Å². The fourth-order valence-corrected chi connectivity index (χ4v) is 3.38. The third kappa shape index (κ3) is 3.83. The van der Waals surface area contributed by atoms with Gasteiger partial charge in [-0.25, -0.2) is 0 Å². The van der Waals surface area contributed by atoms with Crippen LogP contribution in [0.1, 0.15) is 36.9 Å². The summed E-state index contributed by atoms with van der Waals surface area (Å²) in [5.41, 5.74) is 5.76. The fraction of sp³-hybridized carbons (Fsp3) is 0.471. The molecule has 0 aliphatic heterocycles. The lowest BCUT2D eigenvalue weighted by atomic mass is 9.93. The van der Waals surface area contributed by atoms with Crippen molar-refractivity contribution in [2.45, 2.75) is 27.2 Å². The first-order chi connectivity index (χ1) is 9.96. The van der Waals surface area contributed by atoms with Gasteiger partial charge in [0.1, 0.15) is 0 Å². The summed E-state index contributed by atoms with van der Waals surface area (Å²) >= 11 is 1.57. The summed E-state index contributed by atoms with van der Waals surface area (Å²) in [5, 5.41) is 1.14. The van der Waals surface area contributed by atoms with Crippen molar-refractivity contribution in [2.24, 2.45) is 11.1 Å². The Morgan fingerprint density at radius 3 is 2.67 bits per heavy atom. The van der Waals surface area contributed by atoms with Crippen LogP contribution < -0.4 is 5.73 Å². The van der Waals surface area contributed by atoms with Crippen molar-refractivity contribution in [3.63, 3.8) is 0 Å². The number of hydrogen-bond donors (Lipinski definition) is 1. The maximum absolute atomic E-state index is 12.8. The molecule has 0 aliphatic carbocycles. The van der Waals surface area contributed by atoms with Crippen LogP contribution in [0, 0.1) is 5.41 Å². The molecule has 1 aromatic carbocycles. The lowest BCUT2D eigenvalue weighted by molar-refractivity contribution is 0.0694. The highest BCUT2D eigenvalue weighted by molar-refractivity contribution is 7.20. The van der Waals surface area contributed by atoms with Crippen LogP contribution in [-0.4, -0.2) is 30.4 Å². The minimum Gasteiger partial charge on any atom is -0.337 e. The Hall–Kier alpha value is -1.39. The van der Waals surface area contributed by atoms with Crippen LogP contribution in [0.5, 0.6) is 0 Å². The minimum atomic E-state index is -0.0541. The molecule has 0 bridgehead atoms. The molecule has 0 unspecified atom stereocenters. The quantitative estimate of drug-likeness (QED) is 0.883. The normalized spacial score (nSPS) is 11.8. The smallest absolute Gasteiger partial charge is 0.263 e. The Kier molecular flexibility index (Phi) is 5.01. The zero-order chi connectivity index (χ0) is 15.5. The Bertz CT molecular complexity index is 585. The van der Waals surface area contributed by atoms with Crippen LogP contribution in [0.2, 0.25) is 0 Å². The van der Waals surface area contributed by atoms with Crippen molar-refractivity contribution in [1.82, 2.24) is 4.90 Å². The third-order valence-corrected chi connectivity index (χ3v) is 4.69. The molecule has 114 valence electrons. The number of amides is 1. The zero-order valence-electron chi connectivity index (χ0n) is 13.1. The van der Waals surface area contributed by atoms with Crippen molar-refractivity contribution >= 4 is 27.3 Å². The first kappa shape index (κ1) is 16.0. The maximum atomic E-state index is 12.8. The van der Waals surface area contributed by atoms with Gasteiger partial charge in [-0.15, -0.1) is 11.3 Å². The van der Waals surface area contributed by atoms with Crippen LogP contribution in [-0.2, 0) is 0 Å². The predicted molar refractivity (Wildman–Crippen MR) is 90.9 cm³/mol. The molecular formula is C17H24N2OS. The largest absolute Gasteiger partial charge is 0.337 e. The van der Waals surface area contributed by atoms with Crippen molar-refractivity contribution in [3.8, 4) is 0 Å². The highest BCUT2D eigenvalue weighted by Gasteiger charge is 2.25. The topological polar surface area (TPSA) is 46.3 Å². The molecule has 0 radical (unpaired) electrons. The predicted octanol–water partition coefficient (Wildman–Crippen LogP) is 3.74. The Labute approximate surface area is 130 Å². The number of fused-ring (bicyclic) bond motifs is 1. The molecular weight excluding hydrogens is 280 g/mol. The molecule has 2 aromatic rings. The molecule has 0 atom stereocenters.